The number of ether oxygens (including phenoxy) is 2. The van der Waals surface area contributed by atoms with E-state index in [0.717, 1.165) is 12.8 Å². The maximum absolute atomic E-state index is 12.8. The molecule has 196 valence electrons. The predicted octanol–water partition coefficient (Wildman–Crippen LogP) is 5.21. The summed E-state index contributed by atoms with van der Waals surface area (Å²) >= 11 is 6.35. The number of piperidine rings is 1. The standard InChI is InChI=1S/C27H32ClN5O4/c1-5-18(12-29)10-22(28)17(3)32-24-16(2)25(31-15-30-24)36-23-19-6-7-21(34)11-20(23)14-33(13-19)26(35)37-27(4)8-9-27/h5,10,15,19-20,23H,6-9,11,13-14H2,1-4H3/b18-5?,22-10+,32-17?. The van der Waals surface area contributed by atoms with Gasteiger partial charge in [-0.1, -0.05) is 17.7 Å². The maximum atomic E-state index is 12.8. The molecule has 3 fully saturated rings. The van der Waals surface area contributed by atoms with E-state index in [9.17, 15) is 9.59 Å². The minimum Gasteiger partial charge on any atom is -0.473 e. The Hall–Kier alpha value is -3.25. The lowest BCUT2D eigenvalue weighted by Gasteiger charge is -2.41. The minimum absolute atomic E-state index is 0.0181. The molecule has 2 saturated carbocycles. The highest BCUT2D eigenvalue weighted by Gasteiger charge is 2.47. The minimum atomic E-state index is -0.348. The molecule has 1 aliphatic heterocycles. The molecule has 1 aromatic rings. The summed E-state index contributed by atoms with van der Waals surface area (Å²) in [6.45, 7) is 8.15. The highest BCUT2D eigenvalue weighted by Crippen LogP contribution is 2.41. The van der Waals surface area contributed by atoms with Gasteiger partial charge < -0.3 is 14.4 Å². The van der Waals surface area contributed by atoms with Crippen molar-refractivity contribution in [1.29, 1.82) is 5.26 Å². The number of likely N-dealkylation sites (tertiary alicyclic amines) is 1. The third kappa shape index (κ3) is 6.37. The zero-order valence-corrected chi connectivity index (χ0v) is 22.4. The van der Waals surface area contributed by atoms with Gasteiger partial charge in [0.25, 0.3) is 0 Å². The van der Waals surface area contributed by atoms with Crippen LogP contribution in [-0.2, 0) is 9.53 Å². The largest absolute Gasteiger partial charge is 0.473 e. The van der Waals surface area contributed by atoms with Crippen LogP contribution >= 0.6 is 11.6 Å². The van der Waals surface area contributed by atoms with Crippen molar-refractivity contribution in [2.45, 2.75) is 71.5 Å². The lowest BCUT2D eigenvalue weighted by molar-refractivity contribution is -0.120. The van der Waals surface area contributed by atoms with Crippen molar-refractivity contribution in [3.8, 4) is 11.9 Å². The smallest absolute Gasteiger partial charge is 0.410 e. The Bertz CT molecular complexity index is 1210. The van der Waals surface area contributed by atoms with E-state index in [4.69, 9.17) is 26.3 Å². The van der Waals surface area contributed by atoms with Crippen LogP contribution in [0.25, 0.3) is 0 Å². The summed E-state index contributed by atoms with van der Waals surface area (Å²) in [5, 5.41) is 9.47. The van der Waals surface area contributed by atoms with E-state index in [-0.39, 0.29) is 35.4 Å². The van der Waals surface area contributed by atoms with Crippen LogP contribution in [0, 0.1) is 30.1 Å². The van der Waals surface area contributed by atoms with E-state index in [0.29, 0.717) is 65.9 Å². The predicted molar refractivity (Wildman–Crippen MR) is 139 cm³/mol. The van der Waals surface area contributed by atoms with Gasteiger partial charge >= 0.3 is 6.09 Å². The van der Waals surface area contributed by atoms with E-state index < -0.39 is 0 Å². The zero-order chi connectivity index (χ0) is 26.7. The fourth-order valence-corrected chi connectivity index (χ4v) is 4.88. The molecule has 3 unspecified atom stereocenters. The molecule has 3 aliphatic rings. The molecular weight excluding hydrogens is 494 g/mol. The maximum Gasteiger partial charge on any atom is 0.410 e. The fourth-order valence-electron chi connectivity index (χ4n) is 4.72. The van der Waals surface area contributed by atoms with Crippen molar-refractivity contribution in [1.82, 2.24) is 14.9 Å². The molecule has 2 bridgehead atoms. The molecule has 4 rings (SSSR count). The molecular formula is C27H32ClN5O4. The summed E-state index contributed by atoms with van der Waals surface area (Å²) in [5.74, 6) is 0.814. The molecule has 1 aromatic heterocycles. The second-order valence-electron chi connectivity index (χ2n) is 10.3. The Balaban J connectivity index is 1.54. The molecule has 1 saturated heterocycles. The number of fused-ring (bicyclic) bond motifs is 2. The summed E-state index contributed by atoms with van der Waals surface area (Å²) in [6, 6.07) is 2.06. The van der Waals surface area contributed by atoms with Gasteiger partial charge in [0.2, 0.25) is 5.88 Å². The number of hydrogen-bond acceptors (Lipinski definition) is 8. The van der Waals surface area contributed by atoms with E-state index in [1.54, 1.807) is 30.9 Å². The third-order valence-electron chi connectivity index (χ3n) is 7.27. The summed E-state index contributed by atoms with van der Waals surface area (Å²) in [6.07, 6.45) is 7.26. The molecule has 3 atom stereocenters. The number of allylic oxidation sites excluding steroid dienone is 4. The van der Waals surface area contributed by atoms with Crippen molar-refractivity contribution in [2.24, 2.45) is 16.8 Å². The van der Waals surface area contributed by atoms with Gasteiger partial charge in [-0.25, -0.2) is 19.8 Å². The number of amides is 1. The molecule has 2 heterocycles. The van der Waals surface area contributed by atoms with Gasteiger partial charge in [0.15, 0.2) is 5.82 Å². The molecule has 0 aromatic carbocycles. The first-order chi connectivity index (χ1) is 17.6. The van der Waals surface area contributed by atoms with E-state index in [1.165, 1.54) is 6.33 Å². The van der Waals surface area contributed by atoms with Gasteiger partial charge in [0, 0.05) is 43.3 Å². The average Bonchev–Trinajstić information content (AvgIpc) is 3.60. The van der Waals surface area contributed by atoms with Crippen LogP contribution in [0.3, 0.4) is 0 Å². The molecule has 0 N–H and O–H groups in total. The van der Waals surface area contributed by atoms with Crippen LogP contribution in [0.2, 0.25) is 0 Å². The Kier molecular flexibility index (Phi) is 7.98. The highest BCUT2D eigenvalue weighted by molar-refractivity contribution is 6.43. The lowest BCUT2D eigenvalue weighted by Crippen LogP contribution is -2.53. The Morgan fingerprint density at radius 1 is 1.32 bits per heavy atom. The molecule has 37 heavy (non-hydrogen) atoms. The first-order valence-electron chi connectivity index (χ1n) is 12.6. The second-order valence-corrected chi connectivity index (χ2v) is 10.7. The molecule has 0 spiro atoms. The fraction of sp³-hybridized carbons (Fsp3) is 0.556. The van der Waals surface area contributed by atoms with Gasteiger partial charge in [-0.3, -0.25) is 4.79 Å². The Morgan fingerprint density at radius 3 is 2.73 bits per heavy atom. The number of nitriles is 1. The molecule has 0 radical (unpaired) electrons. The van der Waals surface area contributed by atoms with E-state index >= 15 is 0 Å². The molecule has 9 nitrogen and oxygen atoms in total. The normalized spacial score (nSPS) is 25.7. The Labute approximate surface area is 222 Å². The van der Waals surface area contributed by atoms with Crippen molar-refractivity contribution >= 4 is 35.0 Å². The van der Waals surface area contributed by atoms with Crippen molar-refractivity contribution in [3.05, 3.63) is 34.6 Å². The second kappa shape index (κ2) is 11.0. The third-order valence-corrected chi connectivity index (χ3v) is 7.65. The van der Waals surface area contributed by atoms with Gasteiger partial charge in [0.05, 0.1) is 22.4 Å². The molecule has 2 aliphatic carbocycles. The first kappa shape index (κ1) is 26.8. The number of rotatable bonds is 6. The number of carbonyl (C=O) groups excluding carboxylic acids is 2. The Morgan fingerprint density at radius 2 is 2.05 bits per heavy atom. The number of aliphatic imine (C=N–C) groups is 1. The first-order valence-corrected chi connectivity index (χ1v) is 13.0. The SMILES string of the molecule is CC=C(C#N)/C=C(/Cl)C(C)=Nc1ncnc(OC2C3CCC(=O)CC2CN(C(=O)OC2(C)CC2)C3)c1C. The summed E-state index contributed by atoms with van der Waals surface area (Å²) < 4.78 is 12.1. The monoisotopic (exact) mass is 525 g/mol. The van der Waals surface area contributed by atoms with Gasteiger partial charge in [0.1, 0.15) is 23.8 Å². The van der Waals surface area contributed by atoms with E-state index in [2.05, 4.69) is 21.0 Å². The zero-order valence-electron chi connectivity index (χ0n) is 21.7. The summed E-state index contributed by atoms with van der Waals surface area (Å²) in [5.41, 5.74) is 1.23. The van der Waals surface area contributed by atoms with Gasteiger partial charge in [-0.05, 0) is 53.0 Å². The number of nitrogens with zero attached hydrogens (tertiary/aromatic N) is 5. The van der Waals surface area contributed by atoms with Crippen LogP contribution in [0.1, 0.15) is 58.4 Å². The van der Waals surface area contributed by atoms with Crippen LogP contribution < -0.4 is 4.74 Å². The average molecular weight is 526 g/mol. The van der Waals surface area contributed by atoms with E-state index in [1.807, 2.05) is 13.8 Å². The highest BCUT2D eigenvalue weighted by atomic mass is 35.5. The van der Waals surface area contributed by atoms with Crippen molar-refractivity contribution < 1.29 is 19.1 Å². The van der Waals surface area contributed by atoms with Crippen LogP contribution in [0.15, 0.2) is 34.1 Å². The van der Waals surface area contributed by atoms with Crippen molar-refractivity contribution in [2.75, 3.05) is 13.1 Å². The number of Topliss-reactive ketones (excluding diaryl/α,β-unsaturated/α-hetero) is 1. The number of halogens is 1. The topological polar surface area (TPSA) is 118 Å². The number of carbonyl (C=O) groups is 2. The molecule has 1 amide bonds. The number of hydrogen-bond donors (Lipinski definition) is 0. The summed E-state index contributed by atoms with van der Waals surface area (Å²) in [7, 11) is 0. The van der Waals surface area contributed by atoms with Crippen LogP contribution in [0.4, 0.5) is 10.6 Å². The lowest BCUT2D eigenvalue weighted by atomic mass is 9.85. The van der Waals surface area contributed by atoms with Crippen molar-refractivity contribution in [3.63, 3.8) is 0 Å². The van der Waals surface area contributed by atoms with Crippen LogP contribution in [-0.4, -0.2) is 57.3 Å². The van der Waals surface area contributed by atoms with Gasteiger partial charge in [-0.15, -0.1) is 0 Å². The number of ketones is 1. The quantitative estimate of drug-likeness (QED) is 0.284. The van der Waals surface area contributed by atoms with Crippen LogP contribution in [0.5, 0.6) is 5.88 Å². The van der Waals surface area contributed by atoms with Gasteiger partial charge in [-0.2, -0.15) is 5.26 Å². The number of aromatic nitrogens is 2. The summed E-state index contributed by atoms with van der Waals surface area (Å²) in [4.78, 5) is 40.2. The molecule has 10 heteroatoms.